The van der Waals surface area contributed by atoms with Gasteiger partial charge in [0, 0.05) is 19.5 Å². The third kappa shape index (κ3) is 1.45. The van der Waals surface area contributed by atoms with Crippen molar-refractivity contribution >= 4 is 11.8 Å². The summed E-state index contributed by atoms with van der Waals surface area (Å²) in [5.41, 5.74) is -0.786. The molecule has 0 aromatic carbocycles. The number of imide groups is 1. The van der Waals surface area contributed by atoms with Crippen LogP contribution < -0.4 is 10.6 Å². The van der Waals surface area contributed by atoms with Gasteiger partial charge in [-0.05, 0) is 6.42 Å². The van der Waals surface area contributed by atoms with Crippen molar-refractivity contribution in [1.82, 2.24) is 10.6 Å². The van der Waals surface area contributed by atoms with E-state index in [1.807, 2.05) is 0 Å². The predicted molar refractivity (Wildman–Crippen MR) is 43.9 cm³/mol. The lowest BCUT2D eigenvalue weighted by Crippen LogP contribution is -2.62. The summed E-state index contributed by atoms with van der Waals surface area (Å²) in [5.74, 6) is -0.499. The van der Waals surface area contributed by atoms with Crippen molar-refractivity contribution in [2.75, 3.05) is 19.7 Å². The summed E-state index contributed by atoms with van der Waals surface area (Å²) in [7, 11) is 0. The molecule has 72 valence electrons. The van der Waals surface area contributed by atoms with Crippen molar-refractivity contribution in [2.24, 2.45) is 0 Å². The lowest BCUT2D eigenvalue weighted by molar-refractivity contribution is -0.160. The van der Waals surface area contributed by atoms with Crippen LogP contribution in [0.25, 0.3) is 0 Å². The molecule has 1 atom stereocenters. The lowest BCUT2D eigenvalue weighted by atomic mass is 9.91. The molecule has 2 saturated heterocycles. The second-order valence-electron chi connectivity index (χ2n) is 3.40. The standard InChI is InChI=1S/C8H12N2O3/c11-6-1-2-8(7(12)10-6)5-9-3-4-13-8/h9H,1-5H2,(H,10,11,12). The lowest BCUT2D eigenvalue weighted by Gasteiger charge is -2.38. The molecule has 1 unspecified atom stereocenters. The number of rotatable bonds is 0. The minimum Gasteiger partial charge on any atom is -0.362 e. The summed E-state index contributed by atoms with van der Waals surface area (Å²) >= 11 is 0. The summed E-state index contributed by atoms with van der Waals surface area (Å²) in [6, 6.07) is 0. The number of nitrogens with one attached hydrogen (secondary N) is 2. The highest BCUT2D eigenvalue weighted by atomic mass is 16.5. The van der Waals surface area contributed by atoms with Crippen molar-refractivity contribution in [3.8, 4) is 0 Å². The highest BCUT2D eigenvalue weighted by Crippen LogP contribution is 2.23. The third-order valence-electron chi connectivity index (χ3n) is 2.49. The summed E-state index contributed by atoms with van der Waals surface area (Å²) in [4.78, 5) is 22.4. The summed E-state index contributed by atoms with van der Waals surface area (Å²) in [6.07, 6.45) is 0.859. The Labute approximate surface area is 75.8 Å². The Morgan fingerprint density at radius 1 is 1.38 bits per heavy atom. The van der Waals surface area contributed by atoms with Gasteiger partial charge >= 0.3 is 0 Å². The first kappa shape index (κ1) is 8.65. The molecule has 2 N–H and O–H groups in total. The topological polar surface area (TPSA) is 67.4 Å². The van der Waals surface area contributed by atoms with Gasteiger partial charge in [0.2, 0.25) is 5.91 Å². The Balaban J connectivity index is 2.12. The zero-order valence-electron chi connectivity index (χ0n) is 7.26. The van der Waals surface area contributed by atoms with Crippen LogP contribution in [0.15, 0.2) is 0 Å². The highest BCUT2D eigenvalue weighted by Gasteiger charge is 2.44. The van der Waals surface area contributed by atoms with E-state index in [-0.39, 0.29) is 11.8 Å². The number of piperidine rings is 1. The second kappa shape index (κ2) is 3.08. The van der Waals surface area contributed by atoms with Crippen LogP contribution in [0.1, 0.15) is 12.8 Å². The van der Waals surface area contributed by atoms with Gasteiger partial charge in [-0.3, -0.25) is 14.9 Å². The minimum absolute atomic E-state index is 0.204. The van der Waals surface area contributed by atoms with Gasteiger partial charge in [-0.15, -0.1) is 0 Å². The van der Waals surface area contributed by atoms with E-state index >= 15 is 0 Å². The van der Waals surface area contributed by atoms with Gasteiger partial charge in [0.1, 0.15) is 0 Å². The average Bonchev–Trinajstić information content (AvgIpc) is 2.14. The monoisotopic (exact) mass is 184 g/mol. The Morgan fingerprint density at radius 3 is 2.85 bits per heavy atom. The molecular formula is C8H12N2O3. The molecule has 2 rings (SSSR count). The number of ether oxygens (including phenoxy) is 1. The minimum atomic E-state index is -0.786. The van der Waals surface area contributed by atoms with Gasteiger partial charge in [-0.2, -0.15) is 0 Å². The number of hydrogen-bond acceptors (Lipinski definition) is 4. The fraction of sp³-hybridized carbons (Fsp3) is 0.750. The maximum Gasteiger partial charge on any atom is 0.260 e. The van der Waals surface area contributed by atoms with E-state index in [0.29, 0.717) is 26.0 Å². The fourth-order valence-corrected chi connectivity index (χ4v) is 1.70. The number of amides is 2. The first-order valence-corrected chi connectivity index (χ1v) is 4.42. The Bertz CT molecular complexity index is 246. The first-order valence-electron chi connectivity index (χ1n) is 4.42. The second-order valence-corrected chi connectivity index (χ2v) is 3.40. The molecule has 2 aliphatic heterocycles. The number of carbonyl (C=O) groups excluding carboxylic acids is 2. The van der Waals surface area contributed by atoms with E-state index in [1.165, 1.54) is 0 Å². The van der Waals surface area contributed by atoms with Crippen molar-refractivity contribution in [1.29, 1.82) is 0 Å². The van der Waals surface area contributed by atoms with Crippen LogP contribution in [0.3, 0.4) is 0 Å². The number of carbonyl (C=O) groups is 2. The van der Waals surface area contributed by atoms with Gasteiger partial charge < -0.3 is 10.1 Å². The summed E-state index contributed by atoms with van der Waals surface area (Å²) in [6.45, 7) is 1.80. The molecule has 0 radical (unpaired) electrons. The van der Waals surface area contributed by atoms with Crippen LogP contribution in [0, 0.1) is 0 Å². The maximum atomic E-state index is 11.5. The van der Waals surface area contributed by atoms with Crippen molar-refractivity contribution in [2.45, 2.75) is 18.4 Å². The summed E-state index contributed by atoms with van der Waals surface area (Å²) in [5, 5.41) is 5.39. The van der Waals surface area contributed by atoms with E-state index in [9.17, 15) is 9.59 Å². The average molecular weight is 184 g/mol. The molecule has 5 nitrogen and oxygen atoms in total. The van der Waals surface area contributed by atoms with Crippen LogP contribution in [-0.4, -0.2) is 37.1 Å². The zero-order valence-corrected chi connectivity index (χ0v) is 7.26. The first-order chi connectivity index (χ1) is 6.23. The molecule has 1 spiro atoms. The molecule has 2 fully saturated rings. The van der Waals surface area contributed by atoms with Gasteiger partial charge in [0.05, 0.1) is 6.61 Å². The summed E-state index contributed by atoms with van der Waals surface area (Å²) < 4.78 is 5.44. The van der Waals surface area contributed by atoms with Crippen LogP contribution in [0.4, 0.5) is 0 Å². The number of morpholine rings is 1. The third-order valence-corrected chi connectivity index (χ3v) is 2.49. The SMILES string of the molecule is O=C1CCC2(CNCCO2)C(=O)N1. The molecule has 5 heteroatoms. The molecule has 2 aliphatic rings. The van der Waals surface area contributed by atoms with E-state index < -0.39 is 5.60 Å². The molecule has 0 aliphatic carbocycles. The molecule has 2 heterocycles. The van der Waals surface area contributed by atoms with E-state index in [0.717, 1.165) is 6.54 Å². The predicted octanol–water partition coefficient (Wildman–Crippen LogP) is -1.22. The quantitative estimate of drug-likeness (QED) is 0.463. The van der Waals surface area contributed by atoms with Gasteiger partial charge in [-0.25, -0.2) is 0 Å². The molecule has 0 bridgehead atoms. The molecule has 0 saturated carbocycles. The highest BCUT2D eigenvalue weighted by molar-refractivity contribution is 6.02. The van der Waals surface area contributed by atoms with Crippen LogP contribution in [0.5, 0.6) is 0 Å². The molecule has 13 heavy (non-hydrogen) atoms. The van der Waals surface area contributed by atoms with Gasteiger partial charge in [0.25, 0.3) is 5.91 Å². The smallest absolute Gasteiger partial charge is 0.260 e. The van der Waals surface area contributed by atoms with Crippen molar-refractivity contribution in [3.05, 3.63) is 0 Å². The van der Waals surface area contributed by atoms with E-state index in [4.69, 9.17) is 4.74 Å². The van der Waals surface area contributed by atoms with Crippen molar-refractivity contribution < 1.29 is 14.3 Å². The van der Waals surface area contributed by atoms with E-state index in [1.54, 1.807) is 0 Å². The molecular weight excluding hydrogens is 172 g/mol. The Kier molecular flexibility index (Phi) is 2.05. The molecule has 2 amide bonds. The van der Waals surface area contributed by atoms with E-state index in [2.05, 4.69) is 10.6 Å². The van der Waals surface area contributed by atoms with Crippen LogP contribution in [-0.2, 0) is 14.3 Å². The van der Waals surface area contributed by atoms with Crippen LogP contribution in [0.2, 0.25) is 0 Å². The largest absolute Gasteiger partial charge is 0.362 e. The molecule has 0 aromatic rings. The zero-order chi connectivity index (χ0) is 9.31. The van der Waals surface area contributed by atoms with Gasteiger partial charge in [0.15, 0.2) is 5.60 Å². The number of hydrogen-bond donors (Lipinski definition) is 2. The van der Waals surface area contributed by atoms with Gasteiger partial charge in [-0.1, -0.05) is 0 Å². The van der Waals surface area contributed by atoms with Crippen molar-refractivity contribution in [3.63, 3.8) is 0 Å². The Morgan fingerprint density at radius 2 is 2.23 bits per heavy atom. The normalized spacial score (nSPS) is 34.8. The fourth-order valence-electron chi connectivity index (χ4n) is 1.70. The maximum absolute atomic E-state index is 11.5. The molecule has 0 aromatic heterocycles. The van der Waals surface area contributed by atoms with Crippen LogP contribution >= 0.6 is 0 Å². The Hall–Kier alpha value is -0.940.